The zero-order valence-corrected chi connectivity index (χ0v) is 13.8. The van der Waals surface area contributed by atoms with Crippen molar-refractivity contribution in [3.05, 3.63) is 22.9 Å². The molecule has 0 amide bonds. The Kier molecular flexibility index (Phi) is 6.40. The zero-order valence-electron chi connectivity index (χ0n) is 12.2. The van der Waals surface area contributed by atoms with Crippen LogP contribution in [0.4, 0.5) is 0 Å². The minimum Gasteiger partial charge on any atom is -0.493 e. The standard InChI is InChI=1S/C16H22O2S2/c1-3-5-8-17-13-11-15(20-12-13)16-14(7-10-19-16)18-9-6-4-2/h7,10-12H,3-6,8-9H2,1-2H3. The van der Waals surface area contributed by atoms with Crippen molar-refractivity contribution >= 4 is 22.7 Å². The van der Waals surface area contributed by atoms with E-state index in [1.54, 1.807) is 22.7 Å². The van der Waals surface area contributed by atoms with Crippen LogP contribution in [0, 0.1) is 0 Å². The van der Waals surface area contributed by atoms with Gasteiger partial charge in [0, 0.05) is 5.38 Å². The van der Waals surface area contributed by atoms with Crippen molar-refractivity contribution in [2.45, 2.75) is 39.5 Å². The topological polar surface area (TPSA) is 18.5 Å². The van der Waals surface area contributed by atoms with Gasteiger partial charge in [-0.25, -0.2) is 0 Å². The predicted molar refractivity (Wildman–Crippen MR) is 88.4 cm³/mol. The van der Waals surface area contributed by atoms with Crippen LogP contribution in [0.1, 0.15) is 39.5 Å². The van der Waals surface area contributed by atoms with Crippen LogP contribution in [0.3, 0.4) is 0 Å². The molecule has 110 valence electrons. The van der Waals surface area contributed by atoms with Crippen LogP contribution in [0.15, 0.2) is 22.9 Å². The van der Waals surface area contributed by atoms with Crippen molar-refractivity contribution in [3.63, 3.8) is 0 Å². The second kappa shape index (κ2) is 8.32. The molecule has 0 saturated carbocycles. The molecule has 0 unspecified atom stereocenters. The van der Waals surface area contributed by atoms with Crippen molar-refractivity contribution in [1.82, 2.24) is 0 Å². The summed E-state index contributed by atoms with van der Waals surface area (Å²) in [5, 5.41) is 4.18. The first-order valence-corrected chi connectivity index (χ1v) is 9.03. The monoisotopic (exact) mass is 310 g/mol. The molecular formula is C16H22O2S2. The first kappa shape index (κ1) is 15.4. The summed E-state index contributed by atoms with van der Waals surface area (Å²) in [7, 11) is 0. The molecule has 0 N–H and O–H groups in total. The molecule has 2 nitrogen and oxygen atoms in total. The number of hydrogen-bond donors (Lipinski definition) is 0. The first-order chi connectivity index (χ1) is 9.85. The Labute approximate surface area is 129 Å². The molecule has 0 spiro atoms. The smallest absolute Gasteiger partial charge is 0.138 e. The molecular weight excluding hydrogens is 288 g/mol. The Morgan fingerprint density at radius 3 is 2.50 bits per heavy atom. The number of thiophene rings is 2. The highest BCUT2D eigenvalue weighted by Crippen LogP contribution is 2.40. The molecule has 2 rings (SSSR count). The predicted octanol–water partition coefficient (Wildman–Crippen LogP) is 5.83. The van der Waals surface area contributed by atoms with E-state index in [0.29, 0.717) is 0 Å². The maximum absolute atomic E-state index is 5.86. The first-order valence-electron chi connectivity index (χ1n) is 7.27. The molecule has 0 aliphatic carbocycles. The molecule has 0 saturated heterocycles. The minimum absolute atomic E-state index is 0.797. The molecule has 2 heterocycles. The summed E-state index contributed by atoms with van der Waals surface area (Å²) < 4.78 is 11.6. The van der Waals surface area contributed by atoms with Crippen molar-refractivity contribution < 1.29 is 9.47 Å². The molecule has 0 aliphatic heterocycles. The van der Waals surface area contributed by atoms with Crippen LogP contribution in [0.2, 0.25) is 0 Å². The normalized spacial score (nSPS) is 10.7. The summed E-state index contributed by atoms with van der Waals surface area (Å²) in [6, 6.07) is 4.19. The third kappa shape index (κ3) is 4.25. The second-order valence-corrected chi connectivity index (χ2v) is 6.49. The molecule has 0 bridgehead atoms. The Hall–Kier alpha value is -1.00. The molecule has 0 aliphatic rings. The van der Waals surface area contributed by atoms with Gasteiger partial charge in [0.25, 0.3) is 0 Å². The SMILES string of the molecule is CCCCOc1csc(-c2sccc2OCCCC)c1. The van der Waals surface area contributed by atoms with E-state index in [1.165, 1.54) is 9.75 Å². The number of hydrogen-bond acceptors (Lipinski definition) is 4. The Morgan fingerprint density at radius 2 is 1.75 bits per heavy atom. The van der Waals surface area contributed by atoms with E-state index in [9.17, 15) is 0 Å². The molecule has 0 atom stereocenters. The quantitative estimate of drug-likeness (QED) is 0.542. The van der Waals surface area contributed by atoms with Gasteiger partial charge in [0.05, 0.1) is 23.0 Å². The molecule has 2 aromatic heterocycles. The van der Waals surface area contributed by atoms with E-state index in [-0.39, 0.29) is 0 Å². The number of rotatable bonds is 9. The average molecular weight is 310 g/mol. The average Bonchev–Trinajstić information content (AvgIpc) is 3.08. The van der Waals surface area contributed by atoms with Crippen LogP contribution in [-0.4, -0.2) is 13.2 Å². The molecule has 4 heteroatoms. The highest BCUT2D eigenvalue weighted by Gasteiger charge is 2.11. The summed E-state index contributed by atoms with van der Waals surface area (Å²) in [5.41, 5.74) is 0. The van der Waals surface area contributed by atoms with Crippen molar-refractivity contribution in [3.8, 4) is 21.3 Å². The fourth-order valence-electron chi connectivity index (χ4n) is 1.77. The van der Waals surface area contributed by atoms with Crippen LogP contribution < -0.4 is 9.47 Å². The third-order valence-corrected chi connectivity index (χ3v) is 4.93. The number of ether oxygens (including phenoxy) is 2. The van der Waals surface area contributed by atoms with E-state index >= 15 is 0 Å². The van der Waals surface area contributed by atoms with Gasteiger partial charge < -0.3 is 9.47 Å². The fraction of sp³-hybridized carbons (Fsp3) is 0.500. The fourth-order valence-corrected chi connectivity index (χ4v) is 3.57. The lowest BCUT2D eigenvalue weighted by Gasteiger charge is -2.05. The van der Waals surface area contributed by atoms with Crippen LogP contribution in [0.25, 0.3) is 9.75 Å². The summed E-state index contributed by atoms with van der Waals surface area (Å²) in [6.07, 6.45) is 4.53. The van der Waals surface area contributed by atoms with E-state index in [1.807, 2.05) is 0 Å². The molecule has 0 radical (unpaired) electrons. The van der Waals surface area contributed by atoms with Crippen LogP contribution in [0.5, 0.6) is 11.5 Å². The third-order valence-electron chi connectivity index (χ3n) is 2.95. The van der Waals surface area contributed by atoms with Gasteiger partial charge in [0.15, 0.2) is 0 Å². The Balaban J connectivity index is 1.98. The highest BCUT2D eigenvalue weighted by atomic mass is 32.1. The summed E-state index contributed by atoms with van der Waals surface area (Å²) >= 11 is 3.46. The maximum Gasteiger partial charge on any atom is 0.138 e. The molecule has 0 fully saturated rings. The van der Waals surface area contributed by atoms with Gasteiger partial charge in [-0.3, -0.25) is 0 Å². The van der Waals surface area contributed by atoms with E-state index < -0.39 is 0 Å². The number of unbranched alkanes of at least 4 members (excludes halogenated alkanes) is 2. The molecule has 20 heavy (non-hydrogen) atoms. The van der Waals surface area contributed by atoms with Crippen molar-refractivity contribution in [1.29, 1.82) is 0 Å². The van der Waals surface area contributed by atoms with E-state index in [2.05, 4.69) is 36.7 Å². The van der Waals surface area contributed by atoms with Crippen molar-refractivity contribution in [2.24, 2.45) is 0 Å². The lowest BCUT2D eigenvalue weighted by Crippen LogP contribution is -1.96. The second-order valence-electron chi connectivity index (χ2n) is 4.66. The van der Waals surface area contributed by atoms with Crippen LogP contribution in [-0.2, 0) is 0 Å². The Bertz CT molecular complexity index is 502. The Morgan fingerprint density at radius 1 is 1.00 bits per heavy atom. The molecule has 2 aromatic rings. The lowest BCUT2D eigenvalue weighted by molar-refractivity contribution is 0.310. The van der Waals surface area contributed by atoms with Crippen LogP contribution >= 0.6 is 22.7 Å². The van der Waals surface area contributed by atoms with Gasteiger partial charge in [-0.05, 0) is 30.4 Å². The van der Waals surface area contributed by atoms with Gasteiger partial charge in [-0.2, -0.15) is 0 Å². The van der Waals surface area contributed by atoms with Gasteiger partial charge in [-0.15, -0.1) is 22.7 Å². The lowest BCUT2D eigenvalue weighted by atomic mass is 10.3. The zero-order chi connectivity index (χ0) is 14.2. The molecule has 0 aromatic carbocycles. The largest absolute Gasteiger partial charge is 0.493 e. The minimum atomic E-state index is 0.797. The van der Waals surface area contributed by atoms with Gasteiger partial charge >= 0.3 is 0 Å². The van der Waals surface area contributed by atoms with Crippen molar-refractivity contribution in [2.75, 3.05) is 13.2 Å². The van der Waals surface area contributed by atoms with Gasteiger partial charge in [-0.1, -0.05) is 26.7 Å². The highest BCUT2D eigenvalue weighted by molar-refractivity contribution is 7.20. The maximum atomic E-state index is 5.86. The summed E-state index contributed by atoms with van der Waals surface area (Å²) in [6.45, 7) is 5.95. The van der Waals surface area contributed by atoms with Gasteiger partial charge in [0.2, 0.25) is 0 Å². The van der Waals surface area contributed by atoms with E-state index in [0.717, 1.165) is 50.4 Å². The van der Waals surface area contributed by atoms with Gasteiger partial charge in [0.1, 0.15) is 11.5 Å². The summed E-state index contributed by atoms with van der Waals surface area (Å²) in [5.74, 6) is 1.98. The van der Waals surface area contributed by atoms with E-state index in [4.69, 9.17) is 9.47 Å². The summed E-state index contributed by atoms with van der Waals surface area (Å²) in [4.78, 5) is 2.45.